The number of anilines is 2. The molecule has 2 heterocycles. The van der Waals surface area contributed by atoms with Gasteiger partial charge in [-0.25, -0.2) is 0 Å². The van der Waals surface area contributed by atoms with Gasteiger partial charge in [-0.05, 0) is 38.5 Å². The Morgan fingerprint density at radius 2 is 2.04 bits per heavy atom. The van der Waals surface area contributed by atoms with Gasteiger partial charge in [0.2, 0.25) is 11.8 Å². The second-order valence-corrected chi connectivity index (χ2v) is 7.87. The third-order valence-electron chi connectivity index (χ3n) is 4.82. The van der Waals surface area contributed by atoms with Crippen LogP contribution in [-0.4, -0.2) is 30.9 Å². The SMILES string of the molecule is CCOc1ccccc1N1CC(C(=O)Nc2sc(C)c(C)c2C(N)=O)CC1=O. The van der Waals surface area contributed by atoms with Crippen molar-refractivity contribution >= 4 is 39.7 Å². The van der Waals surface area contributed by atoms with E-state index in [2.05, 4.69) is 5.32 Å². The molecule has 1 unspecified atom stereocenters. The van der Waals surface area contributed by atoms with E-state index < -0.39 is 11.8 Å². The van der Waals surface area contributed by atoms with E-state index in [1.807, 2.05) is 26.0 Å². The summed E-state index contributed by atoms with van der Waals surface area (Å²) in [6, 6.07) is 7.27. The number of para-hydroxylation sites is 2. The number of benzene rings is 1. The summed E-state index contributed by atoms with van der Waals surface area (Å²) in [4.78, 5) is 39.6. The van der Waals surface area contributed by atoms with Gasteiger partial charge >= 0.3 is 0 Å². The number of aryl methyl sites for hydroxylation is 1. The van der Waals surface area contributed by atoms with Gasteiger partial charge in [0.15, 0.2) is 0 Å². The molecule has 0 saturated carbocycles. The van der Waals surface area contributed by atoms with Crippen LogP contribution in [-0.2, 0) is 9.59 Å². The van der Waals surface area contributed by atoms with Crippen LogP contribution in [0.2, 0.25) is 0 Å². The number of primary amides is 1. The zero-order valence-corrected chi connectivity index (χ0v) is 16.9. The van der Waals surface area contributed by atoms with Crippen LogP contribution in [0.3, 0.4) is 0 Å². The third-order valence-corrected chi connectivity index (χ3v) is 5.94. The summed E-state index contributed by atoms with van der Waals surface area (Å²) >= 11 is 1.31. The van der Waals surface area contributed by atoms with E-state index in [0.717, 1.165) is 10.4 Å². The lowest BCUT2D eigenvalue weighted by atomic mass is 10.1. The topological polar surface area (TPSA) is 102 Å². The number of nitrogens with one attached hydrogen (secondary N) is 1. The first kappa shape index (κ1) is 19.9. The van der Waals surface area contributed by atoms with Crippen molar-refractivity contribution in [3.8, 4) is 5.75 Å². The fourth-order valence-electron chi connectivity index (χ4n) is 3.30. The summed E-state index contributed by atoms with van der Waals surface area (Å²) in [6.07, 6.45) is 0.0987. The fourth-order valence-corrected chi connectivity index (χ4v) is 4.37. The number of nitrogens with zero attached hydrogens (tertiary/aromatic N) is 1. The Kier molecular flexibility index (Phi) is 5.69. The Morgan fingerprint density at radius 3 is 2.71 bits per heavy atom. The van der Waals surface area contributed by atoms with Gasteiger partial charge in [-0.1, -0.05) is 12.1 Å². The van der Waals surface area contributed by atoms with Gasteiger partial charge in [-0.3, -0.25) is 14.4 Å². The first-order chi connectivity index (χ1) is 13.3. The molecule has 3 N–H and O–H groups in total. The molecule has 8 heteroatoms. The van der Waals surface area contributed by atoms with Gasteiger partial charge in [-0.15, -0.1) is 11.3 Å². The van der Waals surface area contributed by atoms with E-state index >= 15 is 0 Å². The first-order valence-corrected chi connectivity index (χ1v) is 9.88. The van der Waals surface area contributed by atoms with Crippen molar-refractivity contribution in [3.63, 3.8) is 0 Å². The van der Waals surface area contributed by atoms with Crippen molar-refractivity contribution < 1.29 is 19.1 Å². The Labute approximate surface area is 167 Å². The summed E-state index contributed by atoms with van der Waals surface area (Å²) in [5, 5.41) is 3.23. The average Bonchev–Trinajstić information content (AvgIpc) is 3.16. The van der Waals surface area contributed by atoms with Crippen LogP contribution < -0.4 is 20.7 Å². The van der Waals surface area contributed by atoms with E-state index in [9.17, 15) is 14.4 Å². The predicted octanol–water partition coefficient (Wildman–Crippen LogP) is 2.85. The number of amides is 3. The van der Waals surface area contributed by atoms with Crippen molar-refractivity contribution in [2.24, 2.45) is 11.7 Å². The molecule has 1 fully saturated rings. The molecule has 0 aliphatic carbocycles. The largest absolute Gasteiger partial charge is 0.492 e. The highest BCUT2D eigenvalue weighted by Gasteiger charge is 2.37. The molecule has 148 valence electrons. The number of ether oxygens (including phenoxy) is 1. The fraction of sp³-hybridized carbons (Fsp3) is 0.350. The lowest BCUT2D eigenvalue weighted by Gasteiger charge is -2.20. The number of thiophene rings is 1. The molecule has 1 aliphatic rings. The number of carbonyl (C=O) groups excluding carboxylic acids is 3. The highest BCUT2D eigenvalue weighted by atomic mass is 32.1. The summed E-state index contributed by atoms with van der Waals surface area (Å²) in [5.74, 6) is -0.924. The molecular formula is C20H23N3O4S. The molecule has 1 aromatic heterocycles. The molecule has 1 aromatic carbocycles. The van der Waals surface area contributed by atoms with Gasteiger partial charge in [-0.2, -0.15) is 0 Å². The molecule has 3 rings (SSSR count). The van der Waals surface area contributed by atoms with Crippen LogP contribution in [0.25, 0.3) is 0 Å². The number of rotatable bonds is 6. The Morgan fingerprint density at radius 1 is 1.32 bits per heavy atom. The molecule has 0 bridgehead atoms. The molecule has 1 atom stereocenters. The normalized spacial score (nSPS) is 16.3. The van der Waals surface area contributed by atoms with E-state index in [1.54, 1.807) is 24.0 Å². The minimum atomic E-state index is -0.577. The molecule has 0 spiro atoms. The molecule has 3 amide bonds. The van der Waals surface area contributed by atoms with Crippen LogP contribution in [0.1, 0.15) is 34.1 Å². The maximum Gasteiger partial charge on any atom is 0.251 e. The summed E-state index contributed by atoms with van der Waals surface area (Å²) in [5.41, 5.74) is 7.22. The quantitative estimate of drug-likeness (QED) is 0.777. The van der Waals surface area contributed by atoms with Crippen LogP contribution >= 0.6 is 11.3 Å². The van der Waals surface area contributed by atoms with Gasteiger partial charge in [0.1, 0.15) is 10.8 Å². The van der Waals surface area contributed by atoms with Crippen molar-refractivity contribution in [1.82, 2.24) is 0 Å². The highest BCUT2D eigenvalue weighted by molar-refractivity contribution is 7.16. The predicted molar refractivity (Wildman–Crippen MR) is 109 cm³/mol. The van der Waals surface area contributed by atoms with Gasteiger partial charge < -0.3 is 20.7 Å². The van der Waals surface area contributed by atoms with Crippen LogP contribution in [0, 0.1) is 19.8 Å². The molecule has 7 nitrogen and oxygen atoms in total. The second kappa shape index (κ2) is 8.02. The van der Waals surface area contributed by atoms with Crippen molar-refractivity contribution in [2.45, 2.75) is 27.2 Å². The van der Waals surface area contributed by atoms with Gasteiger partial charge in [0, 0.05) is 17.8 Å². The van der Waals surface area contributed by atoms with Crippen LogP contribution in [0.5, 0.6) is 5.75 Å². The molecular weight excluding hydrogens is 378 g/mol. The Balaban J connectivity index is 1.78. The third kappa shape index (κ3) is 3.73. The average molecular weight is 401 g/mol. The minimum absolute atomic E-state index is 0.0987. The monoisotopic (exact) mass is 401 g/mol. The smallest absolute Gasteiger partial charge is 0.251 e. The maximum absolute atomic E-state index is 12.8. The molecule has 1 aliphatic heterocycles. The molecule has 2 aromatic rings. The van der Waals surface area contributed by atoms with Crippen LogP contribution in [0.4, 0.5) is 10.7 Å². The number of carbonyl (C=O) groups is 3. The van der Waals surface area contributed by atoms with Crippen molar-refractivity contribution in [1.29, 1.82) is 0 Å². The van der Waals surface area contributed by atoms with Gasteiger partial charge in [0.25, 0.3) is 5.91 Å². The summed E-state index contributed by atoms with van der Waals surface area (Å²) < 4.78 is 5.60. The zero-order valence-electron chi connectivity index (χ0n) is 16.1. The van der Waals surface area contributed by atoms with E-state index in [4.69, 9.17) is 10.5 Å². The van der Waals surface area contributed by atoms with Gasteiger partial charge in [0.05, 0.1) is 23.8 Å². The molecule has 0 radical (unpaired) electrons. The Hall–Kier alpha value is -2.87. The lowest BCUT2D eigenvalue weighted by Crippen LogP contribution is -2.28. The highest BCUT2D eigenvalue weighted by Crippen LogP contribution is 2.35. The zero-order chi connectivity index (χ0) is 20.4. The summed E-state index contributed by atoms with van der Waals surface area (Å²) in [6.45, 7) is 6.28. The standard InChI is InChI=1S/C20H23N3O4S/c1-4-27-15-8-6-5-7-14(15)23-10-13(9-16(23)24)19(26)22-20-17(18(21)25)11(2)12(3)28-20/h5-8,13H,4,9-10H2,1-3H3,(H2,21,25)(H,22,26). The number of hydrogen-bond donors (Lipinski definition) is 2. The van der Waals surface area contributed by atoms with E-state index in [1.165, 1.54) is 11.3 Å². The van der Waals surface area contributed by atoms with Crippen molar-refractivity contribution in [3.05, 3.63) is 40.3 Å². The van der Waals surface area contributed by atoms with E-state index in [-0.39, 0.29) is 24.8 Å². The molecule has 28 heavy (non-hydrogen) atoms. The number of hydrogen-bond acceptors (Lipinski definition) is 5. The minimum Gasteiger partial charge on any atom is -0.492 e. The second-order valence-electron chi connectivity index (χ2n) is 6.65. The first-order valence-electron chi connectivity index (χ1n) is 9.06. The van der Waals surface area contributed by atoms with Crippen molar-refractivity contribution in [2.75, 3.05) is 23.4 Å². The molecule has 1 saturated heterocycles. The van der Waals surface area contributed by atoms with E-state index in [0.29, 0.717) is 28.6 Å². The lowest BCUT2D eigenvalue weighted by molar-refractivity contribution is -0.122. The maximum atomic E-state index is 12.8. The Bertz CT molecular complexity index is 938. The number of nitrogens with two attached hydrogens (primary N) is 1. The summed E-state index contributed by atoms with van der Waals surface area (Å²) in [7, 11) is 0. The van der Waals surface area contributed by atoms with Crippen LogP contribution in [0.15, 0.2) is 24.3 Å².